The molecule has 1 fully saturated rings. The number of benzene rings is 1. The molecule has 142 valence electrons. The molecule has 1 aromatic carbocycles. The number of carbonyl (C=O) groups excluding carboxylic acids is 2. The molecule has 0 unspecified atom stereocenters. The largest absolute Gasteiger partial charge is 0.495 e. The Bertz CT molecular complexity index is 899. The number of rotatable bonds is 5. The molecule has 2 amide bonds. The van der Waals surface area contributed by atoms with Crippen molar-refractivity contribution in [2.45, 2.75) is 51.6 Å². The van der Waals surface area contributed by atoms with Crippen LogP contribution in [0.1, 0.15) is 58.0 Å². The normalized spacial score (nSPS) is 15.8. The van der Waals surface area contributed by atoms with Crippen LogP contribution in [-0.2, 0) is 13.0 Å². The summed E-state index contributed by atoms with van der Waals surface area (Å²) in [6.45, 7) is 2.67. The predicted octanol–water partition coefficient (Wildman–Crippen LogP) is 2.68. The molecule has 2 aromatic rings. The van der Waals surface area contributed by atoms with E-state index in [9.17, 15) is 9.59 Å². The summed E-state index contributed by atoms with van der Waals surface area (Å²) in [5, 5.41) is 5.88. The number of anilines is 1. The number of ether oxygens (including phenoxy) is 1. The summed E-state index contributed by atoms with van der Waals surface area (Å²) in [6.07, 6.45) is 4.75. The second kappa shape index (κ2) is 7.06. The van der Waals surface area contributed by atoms with Crippen molar-refractivity contribution in [3.8, 4) is 5.75 Å². The molecule has 7 heteroatoms. The van der Waals surface area contributed by atoms with Crippen molar-refractivity contribution in [2.24, 2.45) is 0 Å². The zero-order valence-electron chi connectivity index (χ0n) is 15.7. The van der Waals surface area contributed by atoms with Crippen LogP contribution in [0.15, 0.2) is 18.2 Å². The number of hydrogen-bond acceptors (Lipinski definition) is 4. The number of nitrogens with zero attached hydrogens (tertiary/aromatic N) is 2. The number of carbonyl (C=O) groups is 2. The van der Waals surface area contributed by atoms with Crippen LogP contribution in [-0.4, -0.2) is 34.5 Å². The van der Waals surface area contributed by atoms with Crippen molar-refractivity contribution in [2.75, 3.05) is 12.4 Å². The molecule has 0 atom stereocenters. The molecule has 27 heavy (non-hydrogen) atoms. The van der Waals surface area contributed by atoms with Crippen molar-refractivity contribution in [3.05, 3.63) is 41.0 Å². The summed E-state index contributed by atoms with van der Waals surface area (Å²) >= 11 is 0. The Morgan fingerprint density at radius 3 is 2.78 bits per heavy atom. The van der Waals surface area contributed by atoms with Gasteiger partial charge in [-0.1, -0.05) is 6.07 Å². The van der Waals surface area contributed by atoms with E-state index in [0.717, 1.165) is 49.9 Å². The molecule has 2 heterocycles. The zero-order valence-corrected chi connectivity index (χ0v) is 15.7. The zero-order chi connectivity index (χ0) is 19.0. The fourth-order valence-corrected chi connectivity index (χ4v) is 3.48. The van der Waals surface area contributed by atoms with Gasteiger partial charge in [-0.15, -0.1) is 0 Å². The standard InChI is InChI=1S/C20H24N4O3/c1-12-6-9-16(27-2)14(11-12)22-19(25)17-15-5-3-4-10-24(15)18(23-17)20(26)21-13-7-8-13/h6,9,11,13H,3-5,7-8,10H2,1-2H3,(H,21,26)(H,22,25). The van der Waals surface area contributed by atoms with Crippen molar-refractivity contribution in [1.29, 1.82) is 0 Å². The first-order valence-corrected chi connectivity index (χ1v) is 9.43. The van der Waals surface area contributed by atoms with E-state index in [1.807, 2.05) is 29.7 Å². The van der Waals surface area contributed by atoms with Gasteiger partial charge in [0.1, 0.15) is 5.75 Å². The molecule has 1 aromatic heterocycles. The smallest absolute Gasteiger partial charge is 0.287 e. The fraction of sp³-hybridized carbons (Fsp3) is 0.450. The van der Waals surface area contributed by atoms with E-state index >= 15 is 0 Å². The second-order valence-corrected chi connectivity index (χ2v) is 7.25. The van der Waals surface area contributed by atoms with E-state index < -0.39 is 0 Å². The molecule has 2 aliphatic rings. The van der Waals surface area contributed by atoms with Crippen LogP contribution in [0.5, 0.6) is 5.75 Å². The number of methoxy groups -OCH3 is 1. The third kappa shape index (κ3) is 3.54. The van der Waals surface area contributed by atoms with Gasteiger partial charge in [0.25, 0.3) is 11.8 Å². The van der Waals surface area contributed by atoms with Crippen LogP contribution in [0.25, 0.3) is 0 Å². The highest BCUT2D eigenvalue weighted by molar-refractivity contribution is 6.05. The minimum Gasteiger partial charge on any atom is -0.495 e. The Morgan fingerprint density at radius 2 is 2.04 bits per heavy atom. The highest BCUT2D eigenvalue weighted by Crippen LogP contribution is 2.28. The molecule has 1 aliphatic carbocycles. The van der Waals surface area contributed by atoms with Gasteiger partial charge in [0.15, 0.2) is 11.5 Å². The van der Waals surface area contributed by atoms with Crippen molar-refractivity contribution in [3.63, 3.8) is 0 Å². The van der Waals surface area contributed by atoms with Gasteiger partial charge < -0.3 is 19.9 Å². The molecule has 4 rings (SSSR count). The van der Waals surface area contributed by atoms with Crippen molar-refractivity contribution >= 4 is 17.5 Å². The van der Waals surface area contributed by atoms with Gasteiger partial charge in [-0.05, 0) is 56.7 Å². The molecule has 1 saturated carbocycles. The van der Waals surface area contributed by atoms with Gasteiger partial charge in [-0.3, -0.25) is 9.59 Å². The molecular weight excluding hydrogens is 344 g/mol. The van der Waals surface area contributed by atoms with Gasteiger partial charge in [-0.2, -0.15) is 0 Å². The van der Waals surface area contributed by atoms with E-state index in [0.29, 0.717) is 23.0 Å². The van der Waals surface area contributed by atoms with Gasteiger partial charge in [0, 0.05) is 12.6 Å². The third-order valence-electron chi connectivity index (χ3n) is 5.05. The molecule has 0 saturated heterocycles. The molecule has 0 spiro atoms. The first-order valence-electron chi connectivity index (χ1n) is 9.43. The van der Waals surface area contributed by atoms with Crippen LogP contribution in [0, 0.1) is 6.92 Å². The quantitative estimate of drug-likeness (QED) is 0.850. The average Bonchev–Trinajstić information content (AvgIpc) is 3.38. The molecule has 2 N–H and O–H groups in total. The Hall–Kier alpha value is -2.83. The molecular formula is C20H24N4O3. The lowest BCUT2D eigenvalue weighted by molar-refractivity contribution is 0.0935. The van der Waals surface area contributed by atoms with Gasteiger partial charge in [0.2, 0.25) is 0 Å². The first-order chi connectivity index (χ1) is 13.1. The van der Waals surface area contributed by atoms with E-state index in [-0.39, 0.29) is 17.9 Å². The van der Waals surface area contributed by atoms with Crippen molar-refractivity contribution < 1.29 is 14.3 Å². The lowest BCUT2D eigenvalue weighted by atomic mass is 10.1. The van der Waals surface area contributed by atoms with Crippen molar-refractivity contribution in [1.82, 2.24) is 14.9 Å². The van der Waals surface area contributed by atoms with E-state index in [4.69, 9.17) is 4.74 Å². The van der Waals surface area contributed by atoms with Crippen LogP contribution in [0.3, 0.4) is 0 Å². The van der Waals surface area contributed by atoms with Crippen LogP contribution >= 0.6 is 0 Å². The van der Waals surface area contributed by atoms with Gasteiger partial charge in [0.05, 0.1) is 18.5 Å². The number of aromatic nitrogens is 2. The summed E-state index contributed by atoms with van der Waals surface area (Å²) in [5.74, 6) is 0.439. The predicted molar refractivity (Wildman–Crippen MR) is 101 cm³/mol. The highest BCUT2D eigenvalue weighted by atomic mass is 16.5. The number of nitrogens with one attached hydrogen (secondary N) is 2. The average molecular weight is 368 g/mol. The summed E-state index contributed by atoms with van der Waals surface area (Å²) < 4.78 is 7.25. The lowest BCUT2D eigenvalue weighted by Gasteiger charge is -2.17. The van der Waals surface area contributed by atoms with E-state index in [1.165, 1.54) is 0 Å². The van der Waals surface area contributed by atoms with E-state index in [1.54, 1.807) is 7.11 Å². The number of hydrogen-bond donors (Lipinski definition) is 2. The fourth-order valence-electron chi connectivity index (χ4n) is 3.48. The maximum Gasteiger partial charge on any atom is 0.287 e. The number of imidazole rings is 1. The summed E-state index contributed by atoms with van der Waals surface area (Å²) in [5.41, 5.74) is 2.79. The monoisotopic (exact) mass is 368 g/mol. The minimum atomic E-state index is -0.310. The maximum atomic E-state index is 13.0. The SMILES string of the molecule is COc1ccc(C)cc1NC(=O)c1nc(C(=O)NC2CC2)n2c1CCCC2. The highest BCUT2D eigenvalue weighted by Gasteiger charge is 2.30. The van der Waals surface area contributed by atoms with Gasteiger partial charge in [-0.25, -0.2) is 4.98 Å². The maximum absolute atomic E-state index is 13.0. The second-order valence-electron chi connectivity index (χ2n) is 7.25. The number of aryl methyl sites for hydroxylation is 1. The lowest BCUT2D eigenvalue weighted by Crippen LogP contribution is -2.29. The number of amides is 2. The summed E-state index contributed by atoms with van der Waals surface area (Å²) in [4.78, 5) is 30.0. The molecule has 0 bridgehead atoms. The number of fused-ring (bicyclic) bond motifs is 1. The van der Waals surface area contributed by atoms with Crippen LogP contribution < -0.4 is 15.4 Å². The Balaban J connectivity index is 1.64. The topological polar surface area (TPSA) is 85.2 Å². The minimum absolute atomic E-state index is 0.187. The van der Waals surface area contributed by atoms with Crippen LogP contribution in [0.2, 0.25) is 0 Å². The summed E-state index contributed by atoms with van der Waals surface area (Å²) in [7, 11) is 1.57. The third-order valence-corrected chi connectivity index (χ3v) is 5.05. The van der Waals surface area contributed by atoms with E-state index in [2.05, 4.69) is 15.6 Å². The Morgan fingerprint density at radius 1 is 1.22 bits per heavy atom. The first kappa shape index (κ1) is 17.6. The summed E-state index contributed by atoms with van der Waals surface area (Å²) in [6, 6.07) is 5.86. The van der Waals surface area contributed by atoms with Gasteiger partial charge >= 0.3 is 0 Å². The Kier molecular flexibility index (Phi) is 4.59. The molecule has 7 nitrogen and oxygen atoms in total. The molecule has 1 aliphatic heterocycles. The van der Waals surface area contributed by atoms with Crippen LogP contribution in [0.4, 0.5) is 5.69 Å². The molecule has 0 radical (unpaired) electrons. The Labute approximate surface area is 158 Å².